The van der Waals surface area contributed by atoms with Crippen molar-refractivity contribution < 1.29 is 19.0 Å². The zero-order chi connectivity index (χ0) is 21.2. The highest BCUT2D eigenvalue weighted by molar-refractivity contribution is 7.78. The summed E-state index contributed by atoms with van der Waals surface area (Å²) in [4.78, 5) is 15.5. The average Bonchev–Trinajstić information content (AvgIpc) is 3.27. The number of aromatic nitrogens is 3. The highest BCUT2D eigenvalue weighted by atomic mass is 35.5. The van der Waals surface area contributed by atoms with Gasteiger partial charge in [0.2, 0.25) is 5.88 Å². The second-order valence-electron chi connectivity index (χ2n) is 5.51. The fourth-order valence-corrected chi connectivity index (χ4v) is 2.59. The molecule has 0 saturated carbocycles. The number of pyridine rings is 1. The number of hydrogen-bond donors (Lipinski definition) is 2. The number of thiol groups is 1. The second-order valence-corrected chi connectivity index (χ2v) is 6.14. The third-order valence-corrected chi connectivity index (χ3v) is 4.23. The molecule has 3 rings (SSSR count). The second kappa shape index (κ2) is 11.2. The lowest BCUT2D eigenvalue weighted by atomic mass is 10.2. The zero-order valence-corrected chi connectivity index (χ0v) is 17.8. The maximum Gasteiger partial charge on any atom is 0.279 e. The first kappa shape index (κ1) is 22.4. The van der Waals surface area contributed by atoms with E-state index in [1.54, 1.807) is 55.4 Å². The van der Waals surface area contributed by atoms with Crippen molar-refractivity contribution in [1.82, 2.24) is 19.5 Å². The van der Waals surface area contributed by atoms with Crippen LogP contribution in [0.3, 0.4) is 0 Å². The van der Waals surface area contributed by atoms with E-state index in [0.717, 1.165) is 11.3 Å². The van der Waals surface area contributed by atoms with Crippen LogP contribution in [0.1, 0.15) is 16.1 Å². The molecule has 0 aliphatic heterocycles. The van der Waals surface area contributed by atoms with Crippen molar-refractivity contribution in [3.05, 3.63) is 65.1 Å². The molecule has 154 valence electrons. The van der Waals surface area contributed by atoms with E-state index in [0.29, 0.717) is 23.2 Å². The smallest absolute Gasteiger partial charge is 0.279 e. The minimum atomic E-state index is -0.373. The molecule has 10 heteroatoms. The molecule has 29 heavy (non-hydrogen) atoms. The molecular weight excluding hydrogens is 416 g/mol. The highest BCUT2D eigenvalue weighted by Crippen LogP contribution is 2.28. The Morgan fingerprint density at radius 2 is 1.97 bits per heavy atom. The minimum absolute atomic E-state index is 0.256. The number of nitrogens with one attached hydrogen (secondary N) is 1. The maximum atomic E-state index is 11.4. The first-order valence-electron chi connectivity index (χ1n) is 8.35. The number of methoxy groups -OCH3 is 3. The minimum Gasteiger partial charge on any atom is -0.497 e. The van der Waals surface area contributed by atoms with Gasteiger partial charge in [0.1, 0.15) is 17.2 Å². The van der Waals surface area contributed by atoms with Crippen molar-refractivity contribution in [2.45, 2.75) is 6.54 Å². The van der Waals surface area contributed by atoms with E-state index < -0.39 is 0 Å². The number of rotatable bonds is 6. The summed E-state index contributed by atoms with van der Waals surface area (Å²) in [6, 6.07) is 10.5. The molecule has 1 aromatic carbocycles. The first-order valence-corrected chi connectivity index (χ1v) is 9.18. The molecule has 0 aliphatic carbocycles. The molecule has 0 atom stereocenters. The zero-order valence-electron chi connectivity index (χ0n) is 16.1. The van der Waals surface area contributed by atoms with Crippen molar-refractivity contribution in [2.24, 2.45) is 0 Å². The lowest BCUT2D eigenvalue weighted by Gasteiger charge is -2.09. The third kappa shape index (κ3) is 6.30. The summed E-state index contributed by atoms with van der Waals surface area (Å²) in [7, 11) is 4.68. The van der Waals surface area contributed by atoms with Crippen molar-refractivity contribution in [3.8, 4) is 17.4 Å². The lowest BCUT2D eigenvalue weighted by molar-refractivity contribution is 0.0979. The summed E-state index contributed by atoms with van der Waals surface area (Å²) < 4.78 is 19.1. The Kier molecular flexibility index (Phi) is 8.63. The van der Waals surface area contributed by atoms with Gasteiger partial charge in [0, 0.05) is 24.0 Å². The SMILES string of the molecule is COc1ccc(Cl)c(OC)c1.COc1nc(C(=O)NS)ccc1Cn1cccn1. The van der Waals surface area contributed by atoms with E-state index >= 15 is 0 Å². The van der Waals surface area contributed by atoms with E-state index in [4.69, 9.17) is 25.8 Å². The molecule has 0 saturated heterocycles. The topological polar surface area (TPSA) is 87.5 Å². The van der Waals surface area contributed by atoms with Gasteiger partial charge >= 0.3 is 0 Å². The van der Waals surface area contributed by atoms with Crippen molar-refractivity contribution in [3.63, 3.8) is 0 Å². The number of carbonyl (C=O) groups is 1. The Balaban J connectivity index is 0.000000234. The van der Waals surface area contributed by atoms with Gasteiger partial charge in [-0.3, -0.25) is 14.2 Å². The molecule has 1 amide bonds. The molecule has 0 bridgehead atoms. The molecule has 3 aromatic rings. The van der Waals surface area contributed by atoms with Gasteiger partial charge in [-0.15, -0.1) is 0 Å². The highest BCUT2D eigenvalue weighted by Gasteiger charge is 2.11. The summed E-state index contributed by atoms with van der Waals surface area (Å²) in [6.45, 7) is 0.534. The Hall–Kier alpha value is -2.91. The quantitative estimate of drug-likeness (QED) is 0.577. The van der Waals surface area contributed by atoms with Gasteiger partial charge in [-0.25, -0.2) is 4.98 Å². The van der Waals surface area contributed by atoms with Crippen LogP contribution in [0.25, 0.3) is 0 Å². The van der Waals surface area contributed by atoms with Gasteiger partial charge in [-0.05, 0) is 30.3 Å². The molecule has 0 fully saturated rings. The van der Waals surface area contributed by atoms with Crippen molar-refractivity contribution >= 4 is 30.3 Å². The summed E-state index contributed by atoms with van der Waals surface area (Å²) >= 11 is 9.47. The van der Waals surface area contributed by atoms with Gasteiger partial charge in [0.15, 0.2) is 0 Å². The van der Waals surface area contributed by atoms with E-state index in [1.807, 2.05) is 12.3 Å². The van der Waals surface area contributed by atoms with Gasteiger partial charge < -0.3 is 14.2 Å². The first-order chi connectivity index (χ1) is 14.0. The third-order valence-electron chi connectivity index (χ3n) is 3.72. The molecule has 2 heterocycles. The van der Waals surface area contributed by atoms with Crippen LogP contribution < -0.4 is 18.9 Å². The van der Waals surface area contributed by atoms with E-state index in [-0.39, 0.29) is 11.6 Å². The molecule has 1 N–H and O–H groups in total. The monoisotopic (exact) mass is 436 g/mol. The molecule has 0 radical (unpaired) electrons. The average molecular weight is 437 g/mol. The standard InChI is InChI=1S/C11H12N4O2S.C8H9ClO2/c1-17-11-8(7-15-6-2-5-12-15)3-4-9(13-11)10(16)14-18;1-10-6-3-4-7(9)8(5-6)11-2/h2-6,18H,7H2,1H3,(H,14,16);3-5H,1-2H3. The van der Waals surface area contributed by atoms with Crippen LogP contribution >= 0.6 is 24.4 Å². The Morgan fingerprint density at radius 1 is 1.17 bits per heavy atom. The van der Waals surface area contributed by atoms with E-state index in [1.165, 1.54) is 7.11 Å². The summed E-state index contributed by atoms with van der Waals surface area (Å²) in [6.07, 6.45) is 3.54. The van der Waals surface area contributed by atoms with Crippen LogP contribution in [-0.2, 0) is 6.54 Å². The van der Waals surface area contributed by atoms with Gasteiger partial charge in [-0.2, -0.15) is 5.10 Å². The largest absolute Gasteiger partial charge is 0.497 e. The summed E-state index contributed by atoms with van der Waals surface area (Å²) in [5.41, 5.74) is 1.10. The van der Waals surface area contributed by atoms with Crippen LogP contribution in [-0.4, -0.2) is 42.0 Å². The van der Waals surface area contributed by atoms with Crippen molar-refractivity contribution in [2.75, 3.05) is 21.3 Å². The van der Waals surface area contributed by atoms with Crippen LogP contribution in [0.2, 0.25) is 5.02 Å². The molecular formula is C19H21ClN4O4S. The number of halogens is 1. The number of amides is 1. The number of benzene rings is 1. The van der Waals surface area contributed by atoms with Gasteiger partial charge in [0.05, 0.1) is 32.9 Å². The molecule has 0 spiro atoms. The fraction of sp³-hybridized carbons (Fsp3) is 0.211. The maximum absolute atomic E-state index is 11.4. The molecule has 8 nitrogen and oxygen atoms in total. The van der Waals surface area contributed by atoms with Crippen LogP contribution in [0.15, 0.2) is 48.8 Å². The number of ether oxygens (including phenoxy) is 3. The predicted octanol–water partition coefficient (Wildman–Crippen LogP) is 3.27. The van der Waals surface area contributed by atoms with E-state index in [2.05, 4.69) is 27.6 Å². The number of carbonyl (C=O) groups excluding carboxylic acids is 1. The molecule has 0 aliphatic rings. The lowest BCUT2D eigenvalue weighted by Crippen LogP contribution is -2.15. The fourth-order valence-electron chi connectivity index (χ4n) is 2.29. The van der Waals surface area contributed by atoms with Crippen molar-refractivity contribution in [1.29, 1.82) is 0 Å². The number of hydrogen-bond acceptors (Lipinski definition) is 7. The van der Waals surface area contributed by atoms with Gasteiger partial charge in [0.25, 0.3) is 5.91 Å². The Bertz CT molecular complexity index is 938. The van der Waals surface area contributed by atoms with Crippen LogP contribution in [0, 0.1) is 0 Å². The van der Waals surface area contributed by atoms with Crippen LogP contribution in [0.4, 0.5) is 0 Å². The predicted molar refractivity (Wildman–Crippen MR) is 113 cm³/mol. The number of nitrogens with zero attached hydrogens (tertiary/aromatic N) is 3. The normalized spacial score (nSPS) is 9.83. The van der Waals surface area contributed by atoms with E-state index in [9.17, 15) is 4.79 Å². The Labute approximate surface area is 179 Å². The summed E-state index contributed by atoms with van der Waals surface area (Å²) in [5, 5.41) is 4.69. The van der Waals surface area contributed by atoms with Crippen LogP contribution in [0.5, 0.6) is 17.4 Å². The summed E-state index contributed by atoms with van der Waals surface area (Å²) in [5.74, 6) is 1.40. The molecule has 0 unspecified atom stereocenters. The molecule has 2 aromatic heterocycles. The van der Waals surface area contributed by atoms with Gasteiger partial charge in [-0.1, -0.05) is 24.4 Å². The Morgan fingerprint density at radius 3 is 2.55 bits per heavy atom.